The first-order valence-electron chi connectivity index (χ1n) is 38.3. The molecule has 0 saturated heterocycles. The van der Waals surface area contributed by atoms with E-state index in [1.54, 1.807) is 0 Å². The van der Waals surface area contributed by atoms with Crippen molar-refractivity contribution in [2.75, 3.05) is 0 Å². The summed E-state index contributed by atoms with van der Waals surface area (Å²) in [7, 11) is 0. The monoisotopic (exact) mass is 1450 g/mol. The second-order valence-electron chi connectivity index (χ2n) is 29.3. The van der Waals surface area contributed by atoms with E-state index < -0.39 is 0 Å². The summed E-state index contributed by atoms with van der Waals surface area (Å²) in [4.78, 5) is 31.4. The molecule has 0 spiro atoms. The summed E-state index contributed by atoms with van der Waals surface area (Å²) in [5.74, 6) is 3.24. The summed E-state index contributed by atoms with van der Waals surface area (Å²) in [6.07, 6.45) is 0. The third-order valence-electron chi connectivity index (χ3n) is 23.0. The number of benzene rings is 19. The number of para-hydroxylation sites is 8. The Kier molecular flexibility index (Phi) is 13.9. The summed E-state index contributed by atoms with van der Waals surface area (Å²) < 4.78 is 26.1. The molecule has 528 valence electrons. The van der Waals surface area contributed by atoms with E-state index in [0.29, 0.717) is 34.9 Å². The Bertz CT molecular complexity index is 8140. The van der Waals surface area contributed by atoms with Crippen LogP contribution in [0.3, 0.4) is 0 Å². The first-order valence-corrected chi connectivity index (χ1v) is 38.3. The predicted molar refractivity (Wildman–Crippen MR) is 467 cm³/mol. The number of fused-ring (bicyclic) bond motifs is 28. The van der Waals surface area contributed by atoms with Crippen molar-refractivity contribution < 1.29 is 17.7 Å². The summed E-state index contributed by atoms with van der Waals surface area (Å²) in [6.45, 7) is 0. The van der Waals surface area contributed by atoms with E-state index in [2.05, 4.69) is 231 Å². The first-order chi connectivity index (χ1) is 56.5. The van der Waals surface area contributed by atoms with E-state index in [1.165, 1.54) is 75.6 Å². The van der Waals surface area contributed by atoms with Gasteiger partial charge in [0.2, 0.25) is 0 Å². The van der Waals surface area contributed by atoms with Crippen molar-refractivity contribution in [1.29, 1.82) is 0 Å². The van der Waals surface area contributed by atoms with Crippen LogP contribution in [0.2, 0.25) is 0 Å². The fourth-order valence-corrected chi connectivity index (χ4v) is 17.9. The first kappa shape index (κ1) is 63.4. The highest BCUT2D eigenvalue weighted by atomic mass is 16.3. The molecule has 0 unspecified atom stereocenters. The highest BCUT2D eigenvalue weighted by Gasteiger charge is 2.26. The minimum absolute atomic E-state index is 0.525. The van der Waals surface area contributed by atoms with Crippen molar-refractivity contribution in [3.05, 3.63) is 352 Å². The molecular formula is C104H58N6O4. The maximum absolute atomic E-state index is 6.54. The van der Waals surface area contributed by atoms with Crippen LogP contribution in [0.5, 0.6) is 0 Å². The molecule has 6 aromatic heterocycles. The average molecular weight is 1460 g/mol. The fourth-order valence-electron chi connectivity index (χ4n) is 17.9. The van der Waals surface area contributed by atoms with Gasteiger partial charge in [-0.25, -0.2) is 29.9 Å². The molecule has 0 fully saturated rings. The normalized spacial score (nSPS) is 12.0. The van der Waals surface area contributed by atoms with Crippen LogP contribution in [-0.2, 0) is 0 Å². The molecule has 114 heavy (non-hydrogen) atoms. The number of aromatic nitrogens is 6. The largest absolute Gasteiger partial charge is 0.455 e. The zero-order valence-electron chi connectivity index (χ0n) is 60.8. The smallest absolute Gasteiger partial charge is 0.167 e. The Morgan fingerprint density at radius 1 is 0.140 bits per heavy atom. The number of rotatable bonds is 7. The zero-order valence-corrected chi connectivity index (χ0v) is 60.8. The van der Waals surface area contributed by atoms with Crippen molar-refractivity contribution in [2.24, 2.45) is 0 Å². The predicted octanol–water partition coefficient (Wildman–Crippen LogP) is 28.2. The highest BCUT2D eigenvalue weighted by Crippen LogP contribution is 2.48. The van der Waals surface area contributed by atoms with E-state index in [1.807, 2.05) is 121 Å². The van der Waals surface area contributed by atoms with E-state index in [0.717, 1.165) is 143 Å². The van der Waals surface area contributed by atoms with Crippen molar-refractivity contribution >= 4 is 174 Å². The molecule has 10 nitrogen and oxygen atoms in total. The molecular weight excluding hydrogens is 1400 g/mol. The molecule has 0 amide bonds. The number of furan rings is 4. The van der Waals surface area contributed by atoms with Gasteiger partial charge in [-0.1, -0.05) is 291 Å². The van der Waals surface area contributed by atoms with Crippen LogP contribution in [0.1, 0.15) is 0 Å². The highest BCUT2D eigenvalue weighted by molar-refractivity contribution is 6.35. The lowest BCUT2D eigenvalue weighted by Gasteiger charge is -2.16. The molecule has 25 aromatic rings. The Labute approximate surface area is 648 Å². The summed E-state index contributed by atoms with van der Waals surface area (Å²) in [6, 6.07) is 123. The Morgan fingerprint density at radius 3 is 0.693 bits per heavy atom. The second kappa shape index (κ2) is 25.0. The van der Waals surface area contributed by atoms with Crippen LogP contribution >= 0.6 is 0 Å². The van der Waals surface area contributed by atoms with Crippen LogP contribution in [0.25, 0.3) is 253 Å². The van der Waals surface area contributed by atoms with E-state index in [-0.39, 0.29) is 0 Å². The molecule has 25 rings (SSSR count). The van der Waals surface area contributed by atoms with E-state index in [4.69, 9.17) is 47.6 Å². The minimum atomic E-state index is 0.525. The molecule has 0 aliphatic rings. The number of nitrogens with zero attached hydrogens (tertiary/aromatic N) is 6. The third-order valence-corrected chi connectivity index (χ3v) is 23.0. The molecule has 0 radical (unpaired) electrons. The summed E-state index contributed by atoms with van der Waals surface area (Å²) in [5.41, 5.74) is 13.5. The van der Waals surface area contributed by atoms with Gasteiger partial charge in [-0.2, -0.15) is 0 Å². The SMILES string of the molecule is c1ccc2c(c1)oc1c(-c3nc(-c4cc5c6ccccc6c6ccccc6c5c5ccccc45)nc(-c4cccc5c4oc4ccccc45)n3)cccc12.c1ccc2c(c1)oc1c(-c3nc(-c4ccc(-c5cc6c7ccccc7c7ccccc7c6c6ccccc56)cc4)nc(-c4cccc5c4oc4ccccc45)n3)cccc12. The van der Waals surface area contributed by atoms with Crippen LogP contribution in [0.15, 0.2) is 370 Å². The maximum Gasteiger partial charge on any atom is 0.167 e. The molecule has 6 heterocycles. The van der Waals surface area contributed by atoms with E-state index in [9.17, 15) is 0 Å². The van der Waals surface area contributed by atoms with Crippen molar-refractivity contribution in [3.8, 4) is 79.5 Å². The standard InChI is InChI=1S/C55H31N3O2.C49H27N3O2/c1-2-15-36-34(13-1)35-14-3-5-19-40(35)50-41-20-6-4-16-37(41)46(31-47(36)50)32-27-29-33(30-28-32)53-56-54(44-23-11-21-42-38-17-7-9-25-48(38)59-51(42)44)58-55(57-53)45-24-12-22-43-39-18-8-10-26-49(39)60-52(43)45;1-2-15-30-28(13-1)29-14-3-5-19-34(29)44-35-20-6-4-16-31(35)41(27-40(30)44)49-51-47(38-23-11-21-36-32-17-7-9-25-42(32)53-45(36)38)50-48(52-49)39-24-12-22-37-33-18-8-10-26-43(33)54-46(37)39/h1-31H;1-27H. The fraction of sp³-hybridized carbons (Fsp3) is 0. The van der Waals surface area contributed by atoms with Gasteiger partial charge in [0.1, 0.15) is 44.7 Å². The molecule has 10 heteroatoms. The van der Waals surface area contributed by atoms with Gasteiger partial charge >= 0.3 is 0 Å². The third kappa shape index (κ3) is 9.74. The number of hydrogen-bond acceptors (Lipinski definition) is 10. The van der Waals surface area contributed by atoms with Crippen molar-refractivity contribution in [3.63, 3.8) is 0 Å². The van der Waals surface area contributed by atoms with Crippen LogP contribution in [0.4, 0.5) is 0 Å². The van der Waals surface area contributed by atoms with Gasteiger partial charge in [-0.05, 0) is 158 Å². The van der Waals surface area contributed by atoms with Gasteiger partial charge in [-0.3, -0.25) is 0 Å². The molecule has 0 bridgehead atoms. The molecule has 0 aliphatic heterocycles. The lowest BCUT2D eigenvalue weighted by molar-refractivity contribution is 0.668. The van der Waals surface area contributed by atoms with E-state index >= 15 is 0 Å². The number of hydrogen-bond donors (Lipinski definition) is 0. The van der Waals surface area contributed by atoms with Gasteiger partial charge in [-0.15, -0.1) is 0 Å². The van der Waals surface area contributed by atoms with Gasteiger partial charge in [0.25, 0.3) is 0 Å². The summed E-state index contributed by atoms with van der Waals surface area (Å²) in [5, 5.41) is 27.7. The lowest BCUT2D eigenvalue weighted by atomic mass is 9.87. The van der Waals surface area contributed by atoms with Crippen molar-refractivity contribution in [1.82, 2.24) is 29.9 Å². The molecule has 19 aromatic carbocycles. The minimum Gasteiger partial charge on any atom is -0.455 e. The van der Waals surface area contributed by atoms with Gasteiger partial charge in [0.15, 0.2) is 34.9 Å². The molecule has 0 saturated carbocycles. The van der Waals surface area contributed by atoms with Crippen LogP contribution in [-0.4, -0.2) is 29.9 Å². The van der Waals surface area contributed by atoms with Crippen LogP contribution in [0, 0.1) is 0 Å². The summed E-state index contributed by atoms with van der Waals surface area (Å²) >= 11 is 0. The Hall–Kier alpha value is -15.5. The zero-order chi connectivity index (χ0) is 74.6. The Balaban J connectivity index is 0.000000132. The molecule has 0 aliphatic carbocycles. The van der Waals surface area contributed by atoms with Gasteiger partial charge < -0.3 is 17.7 Å². The molecule has 0 atom stereocenters. The van der Waals surface area contributed by atoms with Crippen LogP contribution < -0.4 is 0 Å². The topological polar surface area (TPSA) is 130 Å². The average Bonchev–Trinajstić information content (AvgIpc) is 0.899. The Morgan fingerprint density at radius 2 is 0.360 bits per heavy atom. The van der Waals surface area contributed by atoms with Gasteiger partial charge in [0.05, 0.1) is 22.3 Å². The van der Waals surface area contributed by atoms with Gasteiger partial charge in [0, 0.05) is 54.2 Å². The van der Waals surface area contributed by atoms with Crippen molar-refractivity contribution in [2.45, 2.75) is 0 Å². The second-order valence-corrected chi connectivity index (χ2v) is 29.3. The maximum atomic E-state index is 6.54. The lowest BCUT2D eigenvalue weighted by Crippen LogP contribution is -2.01. The quantitative estimate of drug-likeness (QED) is 0.142. The molecule has 0 N–H and O–H groups in total.